The van der Waals surface area contributed by atoms with Crippen molar-refractivity contribution in [3.8, 4) is 0 Å². The van der Waals surface area contributed by atoms with Crippen LogP contribution in [0.4, 0.5) is 9.59 Å². The number of urea groups is 2. The van der Waals surface area contributed by atoms with Crippen LogP contribution in [0.3, 0.4) is 0 Å². The second-order valence-corrected chi connectivity index (χ2v) is 6.74. The Kier molecular flexibility index (Phi) is 6.48. The van der Waals surface area contributed by atoms with Crippen molar-refractivity contribution in [2.75, 3.05) is 0 Å². The Morgan fingerprint density at radius 1 is 0.952 bits per heavy atom. The molecule has 2 aliphatic carbocycles. The Morgan fingerprint density at radius 2 is 1.52 bits per heavy atom. The SMILES string of the molecule is NC(=O)NSN(C(=O)NC1CCCCC1)C1CCCCC1. The molecule has 7 heteroatoms. The zero-order chi connectivity index (χ0) is 15.1. The van der Waals surface area contributed by atoms with Crippen molar-refractivity contribution < 1.29 is 9.59 Å². The molecule has 0 atom stereocenters. The number of carbonyl (C=O) groups excluding carboxylic acids is 2. The molecule has 4 N–H and O–H groups in total. The van der Waals surface area contributed by atoms with Crippen LogP contribution in [0.15, 0.2) is 0 Å². The van der Waals surface area contributed by atoms with Gasteiger partial charge in [-0.05, 0) is 25.7 Å². The minimum Gasteiger partial charge on any atom is -0.351 e. The molecule has 0 aromatic heterocycles. The summed E-state index contributed by atoms with van der Waals surface area (Å²) in [6.07, 6.45) is 11.2. The van der Waals surface area contributed by atoms with Gasteiger partial charge >= 0.3 is 12.1 Å². The molecule has 21 heavy (non-hydrogen) atoms. The zero-order valence-corrected chi connectivity index (χ0v) is 13.3. The van der Waals surface area contributed by atoms with Crippen LogP contribution >= 0.6 is 12.1 Å². The topological polar surface area (TPSA) is 87.5 Å². The van der Waals surface area contributed by atoms with Gasteiger partial charge in [0.1, 0.15) is 0 Å². The second-order valence-electron chi connectivity index (χ2n) is 5.96. The van der Waals surface area contributed by atoms with Crippen LogP contribution in [0.2, 0.25) is 0 Å². The smallest absolute Gasteiger partial charge is 0.329 e. The van der Waals surface area contributed by atoms with Crippen molar-refractivity contribution in [1.82, 2.24) is 14.3 Å². The number of hydrogen-bond donors (Lipinski definition) is 3. The van der Waals surface area contributed by atoms with Gasteiger partial charge in [-0.3, -0.25) is 4.72 Å². The normalized spacial score (nSPS) is 20.8. The van der Waals surface area contributed by atoms with Crippen LogP contribution in [-0.4, -0.2) is 28.5 Å². The molecular weight excluding hydrogens is 288 g/mol. The van der Waals surface area contributed by atoms with Crippen LogP contribution in [0, 0.1) is 0 Å². The molecular formula is C14H26N4O2S. The highest BCUT2D eigenvalue weighted by Gasteiger charge is 2.28. The van der Waals surface area contributed by atoms with Gasteiger partial charge in [0.15, 0.2) is 0 Å². The molecule has 2 fully saturated rings. The minimum absolute atomic E-state index is 0.0902. The highest BCUT2D eigenvalue weighted by Crippen LogP contribution is 2.27. The molecule has 4 amide bonds. The van der Waals surface area contributed by atoms with Crippen LogP contribution in [0.25, 0.3) is 0 Å². The van der Waals surface area contributed by atoms with E-state index in [1.54, 1.807) is 4.31 Å². The lowest BCUT2D eigenvalue weighted by atomic mass is 9.95. The van der Waals surface area contributed by atoms with E-state index in [9.17, 15) is 9.59 Å². The summed E-state index contributed by atoms with van der Waals surface area (Å²) in [7, 11) is 0. The Hall–Kier alpha value is -1.11. The summed E-state index contributed by atoms with van der Waals surface area (Å²) in [6, 6.07) is -0.260. The molecule has 2 aliphatic rings. The first kappa shape index (κ1) is 16.3. The standard InChI is InChI=1S/C14H26N4O2S/c15-13(19)17-21-18(12-9-5-2-6-10-12)14(20)16-11-7-3-1-4-8-11/h11-12H,1-10H2,(H,16,20)(H3,15,17,19). The summed E-state index contributed by atoms with van der Waals surface area (Å²) in [5, 5.41) is 3.11. The van der Waals surface area contributed by atoms with Gasteiger partial charge in [0, 0.05) is 12.1 Å². The number of nitrogens with one attached hydrogen (secondary N) is 2. The summed E-state index contributed by atoms with van der Waals surface area (Å²) in [5.74, 6) is 0. The van der Waals surface area contributed by atoms with Crippen LogP contribution < -0.4 is 15.8 Å². The lowest BCUT2D eigenvalue weighted by molar-refractivity contribution is 0.197. The third-order valence-electron chi connectivity index (χ3n) is 4.28. The van der Waals surface area contributed by atoms with E-state index in [0.717, 1.165) is 50.7 Å². The average molecular weight is 314 g/mol. The van der Waals surface area contributed by atoms with E-state index in [4.69, 9.17) is 5.73 Å². The number of amides is 4. The van der Waals surface area contributed by atoms with Crippen LogP contribution in [-0.2, 0) is 0 Å². The number of nitrogens with zero attached hydrogens (tertiary/aromatic N) is 1. The predicted molar refractivity (Wildman–Crippen MR) is 84.4 cm³/mol. The Morgan fingerprint density at radius 3 is 2.10 bits per heavy atom. The summed E-state index contributed by atoms with van der Waals surface area (Å²) in [5.41, 5.74) is 5.13. The number of nitrogens with two attached hydrogens (primary N) is 1. The van der Waals surface area contributed by atoms with Crippen molar-refractivity contribution >= 4 is 24.2 Å². The van der Waals surface area contributed by atoms with Crippen molar-refractivity contribution in [2.45, 2.75) is 76.3 Å². The molecule has 6 nitrogen and oxygen atoms in total. The fourth-order valence-electron chi connectivity index (χ4n) is 3.18. The molecule has 2 saturated carbocycles. The number of carbonyl (C=O) groups is 2. The number of rotatable bonds is 4. The molecule has 2 rings (SSSR count). The van der Waals surface area contributed by atoms with E-state index in [-0.39, 0.29) is 18.1 Å². The Bertz CT molecular complexity index is 355. The molecule has 0 aromatic rings. The monoisotopic (exact) mass is 314 g/mol. The highest BCUT2D eigenvalue weighted by molar-refractivity contribution is 7.96. The molecule has 0 aliphatic heterocycles. The Balaban J connectivity index is 1.91. The summed E-state index contributed by atoms with van der Waals surface area (Å²) in [4.78, 5) is 23.5. The van der Waals surface area contributed by atoms with E-state index < -0.39 is 6.03 Å². The lowest BCUT2D eigenvalue weighted by Gasteiger charge is -2.34. The first-order valence-electron chi connectivity index (χ1n) is 7.99. The molecule has 0 aromatic carbocycles. The second kappa shape index (κ2) is 8.36. The highest BCUT2D eigenvalue weighted by atomic mass is 32.2. The first-order chi connectivity index (χ1) is 10.2. The van der Waals surface area contributed by atoms with Crippen molar-refractivity contribution in [3.05, 3.63) is 0 Å². The number of primary amides is 1. The van der Waals surface area contributed by atoms with Gasteiger partial charge in [0.2, 0.25) is 0 Å². The van der Waals surface area contributed by atoms with Gasteiger partial charge in [-0.25, -0.2) is 13.9 Å². The third kappa shape index (κ3) is 5.30. The van der Waals surface area contributed by atoms with Crippen molar-refractivity contribution in [3.63, 3.8) is 0 Å². The maximum atomic E-state index is 12.5. The van der Waals surface area contributed by atoms with Crippen molar-refractivity contribution in [1.29, 1.82) is 0 Å². The number of hydrogen-bond acceptors (Lipinski definition) is 3. The maximum absolute atomic E-state index is 12.5. The van der Waals surface area contributed by atoms with Gasteiger partial charge in [0.05, 0.1) is 12.1 Å². The van der Waals surface area contributed by atoms with E-state index in [1.165, 1.54) is 25.7 Å². The largest absolute Gasteiger partial charge is 0.351 e. The van der Waals surface area contributed by atoms with E-state index >= 15 is 0 Å². The molecule has 0 radical (unpaired) electrons. The fraction of sp³-hybridized carbons (Fsp3) is 0.857. The zero-order valence-electron chi connectivity index (χ0n) is 12.5. The summed E-state index contributed by atoms with van der Waals surface area (Å²) in [6.45, 7) is 0. The average Bonchev–Trinajstić information content (AvgIpc) is 2.49. The van der Waals surface area contributed by atoms with Gasteiger partial charge in [-0.1, -0.05) is 38.5 Å². The summed E-state index contributed by atoms with van der Waals surface area (Å²) >= 11 is 1.03. The predicted octanol–water partition coefficient (Wildman–Crippen LogP) is 2.89. The molecule has 120 valence electrons. The first-order valence-corrected chi connectivity index (χ1v) is 8.76. The summed E-state index contributed by atoms with van der Waals surface area (Å²) < 4.78 is 4.16. The van der Waals surface area contributed by atoms with E-state index in [0.29, 0.717) is 0 Å². The van der Waals surface area contributed by atoms with Crippen molar-refractivity contribution in [2.24, 2.45) is 5.73 Å². The lowest BCUT2D eigenvalue weighted by Crippen LogP contribution is -2.48. The third-order valence-corrected chi connectivity index (χ3v) is 5.24. The van der Waals surface area contributed by atoms with Gasteiger partial charge in [-0.2, -0.15) is 0 Å². The fourth-order valence-corrected chi connectivity index (χ4v) is 3.86. The molecule has 0 spiro atoms. The van der Waals surface area contributed by atoms with Gasteiger partial charge in [-0.15, -0.1) is 0 Å². The quantitative estimate of drug-likeness (QED) is 0.697. The maximum Gasteiger partial charge on any atom is 0.329 e. The van der Waals surface area contributed by atoms with Crippen LogP contribution in [0.1, 0.15) is 64.2 Å². The van der Waals surface area contributed by atoms with Crippen LogP contribution in [0.5, 0.6) is 0 Å². The van der Waals surface area contributed by atoms with Gasteiger partial charge < -0.3 is 11.1 Å². The molecule has 0 saturated heterocycles. The van der Waals surface area contributed by atoms with E-state index in [1.807, 2.05) is 0 Å². The van der Waals surface area contributed by atoms with E-state index in [2.05, 4.69) is 10.0 Å². The molecule has 0 unspecified atom stereocenters. The molecule has 0 heterocycles. The van der Waals surface area contributed by atoms with Gasteiger partial charge in [0.25, 0.3) is 0 Å². The molecule has 0 bridgehead atoms. The Labute approximate surface area is 130 Å². The minimum atomic E-state index is -0.619.